The highest BCUT2D eigenvalue weighted by atomic mass is 79.9. The lowest BCUT2D eigenvalue weighted by molar-refractivity contribution is 0.307. The second-order valence-electron chi connectivity index (χ2n) is 3.94. The Balaban J connectivity index is 2.07. The molecule has 0 unspecified atom stereocenters. The summed E-state index contributed by atoms with van der Waals surface area (Å²) >= 11 is 3.10. The fourth-order valence-corrected chi connectivity index (χ4v) is 1.87. The molecular weight excluding hydrogens is 313 g/mol. The Labute approximate surface area is 119 Å². The van der Waals surface area contributed by atoms with E-state index >= 15 is 0 Å². The number of nitrogens with two attached hydrogens (primary N) is 1. The maximum Gasteiger partial charge on any atom is 0.144 e. The zero-order chi connectivity index (χ0) is 13.8. The molecule has 0 aliphatic heterocycles. The third-order valence-electron chi connectivity index (χ3n) is 2.61. The lowest BCUT2D eigenvalue weighted by atomic mass is 10.2. The molecule has 0 bridgehead atoms. The molecule has 0 heterocycles. The molecule has 0 spiro atoms. The number of hydrogen-bond donors (Lipinski definition) is 1. The first kappa shape index (κ1) is 13.7. The molecule has 0 atom stereocenters. The average molecular weight is 326 g/mol. The SMILES string of the molecule is COc1ccc(COc2cc(Br)c(F)cc2N)cc1. The highest BCUT2D eigenvalue weighted by Gasteiger charge is 2.07. The van der Waals surface area contributed by atoms with Gasteiger partial charge in [0.25, 0.3) is 0 Å². The molecule has 3 nitrogen and oxygen atoms in total. The molecule has 0 radical (unpaired) electrons. The lowest BCUT2D eigenvalue weighted by Gasteiger charge is -2.10. The van der Waals surface area contributed by atoms with Gasteiger partial charge in [-0.3, -0.25) is 0 Å². The Kier molecular flexibility index (Phi) is 4.27. The lowest BCUT2D eigenvalue weighted by Crippen LogP contribution is -1.99. The van der Waals surface area contributed by atoms with E-state index in [1.807, 2.05) is 24.3 Å². The van der Waals surface area contributed by atoms with Crippen LogP contribution >= 0.6 is 15.9 Å². The minimum absolute atomic E-state index is 0.272. The molecule has 2 rings (SSSR count). The molecule has 0 aliphatic rings. The minimum Gasteiger partial charge on any atom is -0.497 e. The van der Waals surface area contributed by atoms with Crippen LogP contribution in [0.1, 0.15) is 5.56 Å². The Morgan fingerprint density at radius 1 is 1.21 bits per heavy atom. The Morgan fingerprint density at radius 2 is 1.89 bits per heavy atom. The van der Waals surface area contributed by atoms with Crippen molar-refractivity contribution in [2.75, 3.05) is 12.8 Å². The molecule has 19 heavy (non-hydrogen) atoms. The number of ether oxygens (including phenoxy) is 2. The number of rotatable bonds is 4. The van der Waals surface area contributed by atoms with E-state index in [-0.39, 0.29) is 5.69 Å². The van der Waals surface area contributed by atoms with E-state index in [4.69, 9.17) is 15.2 Å². The summed E-state index contributed by atoms with van der Waals surface area (Å²) in [4.78, 5) is 0. The van der Waals surface area contributed by atoms with Crippen LogP contribution in [0.3, 0.4) is 0 Å². The summed E-state index contributed by atoms with van der Waals surface area (Å²) in [6.07, 6.45) is 0. The molecular formula is C14H13BrFNO2. The van der Waals surface area contributed by atoms with Gasteiger partial charge in [-0.25, -0.2) is 4.39 Å². The van der Waals surface area contributed by atoms with Crippen molar-refractivity contribution in [3.63, 3.8) is 0 Å². The number of nitrogen functional groups attached to an aromatic ring is 1. The molecule has 0 saturated carbocycles. The standard InChI is InChI=1S/C14H13BrFNO2/c1-18-10-4-2-9(3-5-10)8-19-14-6-11(15)12(16)7-13(14)17/h2-7H,8,17H2,1H3. The highest BCUT2D eigenvalue weighted by molar-refractivity contribution is 9.10. The zero-order valence-corrected chi connectivity index (χ0v) is 11.9. The Morgan fingerprint density at radius 3 is 2.53 bits per heavy atom. The number of halogens is 2. The van der Waals surface area contributed by atoms with Crippen LogP contribution in [0, 0.1) is 5.82 Å². The molecule has 0 aromatic heterocycles. The van der Waals surface area contributed by atoms with Crippen molar-refractivity contribution in [3.8, 4) is 11.5 Å². The smallest absolute Gasteiger partial charge is 0.144 e. The quantitative estimate of drug-likeness (QED) is 0.870. The first-order valence-electron chi connectivity index (χ1n) is 5.60. The molecule has 100 valence electrons. The fourth-order valence-electron chi connectivity index (χ4n) is 1.55. The topological polar surface area (TPSA) is 44.5 Å². The summed E-state index contributed by atoms with van der Waals surface area (Å²) in [5.74, 6) is 0.825. The van der Waals surface area contributed by atoms with Crippen LogP contribution < -0.4 is 15.2 Å². The van der Waals surface area contributed by atoms with E-state index in [0.717, 1.165) is 11.3 Å². The van der Waals surface area contributed by atoms with Crippen LogP contribution in [0.4, 0.5) is 10.1 Å². The summed E-state index contributed by atoms with van der Waals surface area (Å²) in [5, 5.41) is 0. The molecule has 0 saturated heterocycles. The van der Waals surface area contributed by atoms with E-state index in [0.29, 0.717) is 16.8 Å². The second-order valence-corrected chi connectivity index (χ2v) is 4.80. The predicted molar refractivity (Wildman–Crippen MR) is 75.8 cm³/mol. The average Bonchev–Trinajstić information content (AvgIpc) is 2.42. The van der Waals surface area contributed by atoms with Crippen LogP contribution in [0.15, 0.2) is 40.9 Å². The van der Waals surface area contributed by atoms with Gasteiger partial charge in [0, 0.05) is 6.07 Å². The maximum absolute atomic E-state index is 13.2. The maximum atomic E-state index is 13.2. The van der Waals surface area contributed by atoms with Crippen molar-refractivity contribution in [3.05, 3.63) is 52.3 Å². The van der Waals surface area contributed by atoms with Gasteiger partial charge in [0.15, 0.2) is 0 Å². The van der Waals surface area contributed by atoms with E-state index < -0.39 is 5.82 Å². The van der Waals surface area contributed by atoms with Crippen LogP contribution in [-0.2, 0) is 6.61 Å². The third-order valence-corrected chi connectivity index (χ3v) is 3.21. The van der Waals surface area contributed by atoms with Crippen molar-refractivity contribution < 1.29 is 13.9 Å². The van der Waals surface area contributed by atoms with Crippen molar-refractivity contribution in [2.24, 2.45) is 0 Å². The highest BCUT2D eigenvalue weighted by Crippen LogP contribution is 2.29. The van der Waals surface area contributed by atoms with Gasteiger partial charge < -0.3 is 15.2 Å². The van der Waals surface area contributed by atoms with Crippen LogP contribution in [0.5, 0.6) is 11.5 Å². The molecule has 0 fully saturated rings. The summed E-state index contributed by atoms with van der Waals surface area (Å²) in [5.41, 5.74) is 6.94. The molecule has 0 aliphatic carbocycles. The van der Waals surface area contributed by atoms with E-state index in [1.54, 1.807) is 7.11 Å². The van der Waals surface area contributed by atoms with Gasteiger partial charge in [0.2, 0.25) is 0 Å². The number of benzene rings is 2. The van der Waals surface area contributed by atoms with Gasteiger partial charge in [-0.1, -0.05) is 12.1 Å². The van der Waals surface area contributed by atoms with Gasteiger partial charge in [-0.05, 0) is 39.7 Å². The number of methoxy groups -OCH3 is 1. The largest absolute Gasteiger partial charge is 0.497 e. The summed E-state index contributed by atoms with van der Waals surface area (Å²) in [6.45, 7) is 0.353. The molecule has 2 aromatic rings. The number of hydrogen-bond acceptors (Lipinski definition) is 3. The molecule has 2 N–H and O–H groups in total. The monoisotopic (exact) mass is 325 g/mol. The minimum atomic E-state index is -0.408. The summed E-state index contributed by atoms with van der Waals surface area (Å²) in [6, 6.07) is 10.2. The first-order valence-corrected chi connectivity index (χ1v) is 6.39. The molecule has 0 amide bonds. The van der Waals surface area contributed by atoms with E-state index in [1.165, 1.54) is 12.1 Å². The Hall–Kier alpha value is -1.75. The van der Waals surface area contributed by atoms with Crippen molar-refractivity contribution in [2.45, 2.75) is 6.61 Å². The van der Waals surface area contributed by atoms with Gasteiger partial charge >= 0.3 is 0 Å². The van der Waals surface area contributed by atoms with E-state index in [2.05, 4.69) is 15.9 Å². The number of anilines is 1. The van der Waals surface area contributed by atoms with Crippen molar-refractivity contribution >= 4 is 21.6 Å². The summed E-state index contributed by atoms with van der Waals surface area (Å²) in [7, 11) is 1.61. The van der Waals surface area contributed by atoms with Gasteiger partial charge in [-0.2, -0.15) is 0 Å². The second kappa shape index (κ2) is 5.93. The van der Waals surface area contributed by atoms with Crippen LogP contribution in [0.2, 0.25) is 0 Å². The van der Waals surface area contributed by atoms with E-state index in [9.17, 15) is 4.39 Å². The fraction of sp³-hybridized carbons (Fsp3) is 0.143. The summed E-state index contributed by atoms with van der Waals surface area (Å²) < 4.78 is 24.2. The van der Waals surface area contributed by atoms with Crippen LogP contribution in [0.25, 0.3) is 0 Å². The first-order chi connectivity index (χ1) is 9.10. The zero-order valence-electron chi connectivity index (χ0n) is 10.3. The van der Waals surface area contributed by atoms with Gasteiger partial charge in [0.05, 0.1) is 17.3 Å². The Bertz CT molecular complexity index is 572. The van der Waals surface area contributed by atoms with Gasteiger partial charge in [-0.15, -0.1) is 0 Å². The van der Waals surface area contributed by atoms with Crippen LogP contribution in [-0.4, -0.2) is 7.11 Å². The van der Waals surface area contributed by atoms with Crippen molar-refractivity contribution in [1.29, 1.82) is 0 Å². The van der Waals surface area contributed by atoms with Crippen molar-refractivity contribution in [1.82, 2.24) is 0 Å². The molecule has 2 aromatic carbocycles. The third kappa shape index (κ3) is 3.38. The van der Waals surface area contributed by atoms with Gasteiger partial charge in [0.1, 0.15) is 23.9 Å². The molecule has 5 heteroatoms. The predicted octanol–water partition coefficient (Wildman–Crippen LogP) is 3.76. The normalized spacial score (nSPS) is 10.3.